The molecule has 0 aromatic heterocycles. The van der Waals surface area contributed by atoms with Crippen LogP contribution in [0.25, 0.3) is 0 Å². The van der Waals surface area contributed by atoms with Crippen LogP contribution in [0, 0.1) is 0 Å². The second-order valence-electron chi connectivity index (χ2n) is 7.04. The number of rotatable bonds is 6. The van der Waals surface area contributed by atoms with Crippen LogP contribution in [0.15, 0.2) is 54.6 Å². The number of anilines is 2. The molecule has 7 nitrogen and oxygen atoms in total. The molecule has 0 bridgehead atoms. The third kappa shape index (κ3) is 3.65. The van der Waals surface area contributed by atoms with E-state index < -0.39 is 6.17 Å². The zero-order chi connectivity index (χ0) is 22.8. The number of hydrogen-bond donors (Lipinski definition) is 1. The fraction of sp³-hybridized carbons (Fsp3) is 0.208. The topological polar surface area (TPSA) is 69.3 Å². The van der Waals surface area contributed by atoms with Gasteiger partial charge in [0.2, 0.25) is 0 Å². The van der Waals surface area contributed by atoms with Crippen molar-refractivity contribution in [2.75, 3.05) is 38.7 Å². The Kier molecular flexibility index (Phi) is 6.01. The van der Waals surface area contributed by atoms with Gasteiger partial charge in [-0.2, -0.15) is 0 Å². The average Bonchev–Trinajstić information content (AvgIpc) is 2.83. The van der Waals surface area contributed by atoms with Gasteiger partial charge < -0.3 is 24.3 Å². The minimum absolute atomic E-state index is 0.182. The fourth-order valence-corrected chi connectivity index (χ4v) is 4.11. The van der Waals surface area contributed by atoms with E-state index in [4.69, 9.17) is 30.5 Å². The number of carbonyl (C=O) groups is 1. The number of para-hydroxylation sites is 1. The lowest BCUT2D eigenvalue weighted by molar-refractivity contribution is 0.0974. The lowest BCUT2D eigenvalue weighted by Crippen LogP contribution is -2.43. The number of benzene rings is 3. The Morgan fingerprint density at radius 2 is 1.62 bits per heavy atom. The molecule has 0 spiro atoms. The Labute approximate surface area is 191 Å². The van der Waals surface area contributed by atoms with Crippen molar-refractivity contribution in [1.82, 2.24) is 0 Å². The van der Waals surface area contributed by atoms with E-state index in [-0.39, 0.29) is 5.91 Å². The van der Waals surface area contributed by atoms with Gasteiger partial charge in [-0.15, -0.1) is 0 Å². The number of hydrogen-bond acceptors (Lipinski definition) is 6. The third-order valence-electron chi connectivity index (χ3n) is 5.34. The van der Waals surface area contributed by atoms with Gasteiger partial charge in [0.05, 0.1) is 44.7 Å². The van der Waals surface area contributed by atoms with Gasteiger partial charge >= 0.3 is 0 Å². The van der Waals surface area contributed by atoms with Gasteiger partial charge in [0.15, 0.2) is 11.5 Å². The molecule has 1 amide bonds. The highest BCUT2D eigenvalue weighted by Crippen LogP contribution is 2.44. The summed E-state index contributed by atoms with van der Waals surface area (Å²) in [5, 5.41) is 3.82. The van der Waals surface area contributed by atoms with Gasteiger partial charge in [-0.05, 0) is 36.4 Å². The van der Waals surface area contributed by atoms with Crippen LogP contribution in [0.5, 0.6) is 23.0 Å². The van der Waals surface area contributed by atoms with Crippen molar-refractivity contribution in [3.8, 4) is 23.0 Å². The van der Waals surface area contributed by atoms with Crippen molar-refractivity contribution in [2.45, 2.75) is 6.17 Å². The number of nitrogens with zero attached hydrogens (tertiary/aromatic N) is 1. The molecule has 32 heavy (non-hydrogen) atoms. The lowest BCUT2D eigenvalue weighted by atomic mass is 10.0. The zero-order valence-electron chi connectivity index (χ0n) is 18.1. The monoisotopic (exact) mass is 454 g/mol. The third-order valence-corrected chi connectivity index (χ3v) is 5.63. The molecule has 166 valence electrons. The molecule has 1 unspecified atom stereocenters. The van der Waals surface area contributed by atoms with Gasteiger partial charge in [0, 0.05) is 17.3 Å². The SMILES string of the molecule is COc1ccc(N2C(=O)c3ccccc3NC2c2cc(Cl)c(OC)c(OC)c2)c(OC)c1. The smallest absolute Gasteiger partial charge is 0.262 e. The largest absolute Gasteiger partial charge is 0.497 e. The molecule has 4 rings (SSSR count). The Hall–Kier alpha value is -3.58. The first-order valence-electron chi connectivity index (χ1n) is 9.85. The summed E-state index contributed by atoms with van der Waals surface area (Å²) in [6.45, 7) is 0. The second-order valence-corrected chi connectivity index (χ2v) is 7.45. The van der Waals surface area contributed by atoms with Crippen molar-refractivity contribution < 1.29 is 23.7 Å². The molecule has 8 heteroatoms. The van der Waals surface area contributed by atoms with Gasteiger partial charge in [0.25, 0.3) is 5.91 Å². The first-order valence-corrected chi connectivity index (χ1v) is 10.2. The summed E-state index contributed by atoms with van der Waals surface area (Å²) in [6, 6.07) is 16.2. The Bertz CT molecular complexity index is 1170. The molecule has 0 saturated heterocycles. The van der Waals surface area contributed by atoms with E-state index in [2.05, 4.69) is 5.32 Å². The van der Waals surface area contributed by atoms with E-state index in [0.717, 1.165) is 5.69 Å². The van der Waals surface area contributed by atoms with E-state index in [9.17, 15) is 4.79 Å². The molecule has 3 aromatic rings. The molecule has 1 N–H and O–H groups in total. The molecule has 3 aromatic carbocycles. The molecule has 0 aliphatic carbocycles. The first kappa shape index (κ1) is 21.6. The number of carbonyl (C=O) groups excluding carboxylic acids is 1. The predicted octanol–water partition coefficient (Wildman–Crippen LogP) is 5.15. The van der Waals surface area contributed by atoms with Crippen LogP contribution in [0.1, 0.15) is 22.1 Å². The molecular weight excluding hydrogens is 432 g/mol. The second kappa shape index (κ2) is 8.88. The van der Waals surface area contributed by atoms with Crippen molar-refractivity contribution in [1.29, 1.82) is 0 Å². The van der Waals surface area contributed by atoms with Crippen LogP contribution >= 0.6 is 11.6 Å². The molecule has 1 aliphatic heterocycles. The summed E-state index contributed by atoms with van der Waals surface area (Å²) in [4.78, 5) is 15.3. The number of amides is 1. The van der Waals surface area contributed by atoms with E-state index in [0.29, 0.717) is 44.8 Å². The zero-order valence-corrected chi connectivity index (χ0v) is 18.9. The van der Waals surface area contributed by atoms with Crippen LogP contribution < -0.4 is 29.2 Å². The van der Waals surface area contributed by atoms with E-state index >= 15 is 0 Å². The maximum absolute atomic E-state index is 13.7. The summed E-state index contributed by atoms with van der Waals surface area (Å²) >= 11 is 6.48. The van der Waals surface area contributed by atoms with Gasteiger partial charge in [-0.3, -0.25) is 9.69 Å². The molecule has 0 saturated carbocycles. The number of ether oxygens (including phenoxy) is 4. The number of fused-ring (bicyclic) bond motifs is 1. The van der Waals surface area contributed by atoms with Crippen LogP contribution in [-0.2, 0) is 0 Å². The molecule has 0 radical (unpaired) electrons. The normalized spacial score (nSPS) is 15.0. The first-order chi connectivity index (χ1) is 15.5. The van der Waals surface area contributed by atoms with Gasteiger partial charge in [-0.25, -0.2) is 0 Å². The Morgan fingerprint density at radius 1 is 0.875 bits per heavy atom. The van der Waals surface area contributed by atoms with Crippen LogP contribution in [-0.4, -0.2) is 34.3 Å². The minimum Gasteiger partial charge on any atom is -0.497 e. The van der Waals surface area contributed by atoms with Crippen molar-refractivity contribution in [3.63, 3.8) is 0 Å². The Morgan fingerprint density at radius 3 is 2.31 bits per heavy atom. The van der Waals surface area contributed by atoms with Gasteiger partial charge in [-0.1, -0.05) is 23.7 Å². The van der Waals surface area contributed by atoms with Crippen LogP contribution in [0.4, 0.5) is 11.4 Å². The summed E-state index contributed by atoms with van der Waals surface area (Å²) < 4.78 is 21.8. The summed E-state index contributed by atoms with van der Waals surface area (Å²) in [5.74, 6) is 1.82. The molecule has 0 fully saturated rings. The predicted molar refractivity (Wildman–Crippen MR) is 124 cm³/mol. The Balaban J connectivity index is 1.92. The van der Waals surface area contributed by atoms with Crippen molar-refractivity contribution >= 4 is 28.9 Å². The van der Waals surface area contributed by atoms with Crippen LogP contribution in [0.3, 0.4) is 0 Å². The van der Waals surface area contributed by atoms with E-state index in [1.165, 1.54) is 14.2 Å². The fourth-order valence-electron chi connectivity index (χ4n) is 3.81. The maximum atomic E-state index is 13.7. The van der Waals surface area contributed by atoms with Crippen LogP contribution in [0.2, 0.25) is 5.02 Å². The quantitative estimate of drug-likeness (QED) is 0.555. The van der Waals surface area contributed by atoms with Crippen molar-refractivity contribution in [2.24, 2.45) is 0 Å². The highest BCUT2D eigenvalue weighted by molar-refractivity contribution is 6.32. The van der Waals surface area contributed by atoms with E-state index in [1.54, 1.807) is 55.5 Å². The number of methoxy groups -OCH3 is 4. The minimum atomic E-state index is -0.586. The number of nitrogens with one attached hydrogen (secondary N) is 1. The molecule has 1 heterocycles. The highest BCUT2D eigenvalue weighted by Gasteiger charge is 2.36. The van der Waals surface area contributed by atoms with E-state index in [1.807, 2.05) is 18.2 Å². The average molecular weight is 455 g/mol. The maximum Gasteiger partial charge on any atom is 0.262 e. The highest BCUT2D eigenvalue weighted by atomic mass is 35.5. The molecule has 1 aliphatic rings. The van der Waals surface area contributed by atoms with Crippen molar-refractivity contribution in [3.05, 3.63) is 70.7 Å². The number of halogens is 1. The molecule has 1 atom stereocenters. The summed E-state index contributed by atoms with van der Waals surface area (Å²) in [6.07, 6.45) is -0.586. The standard InChI is InChI=1S/C24H23ClN2O5/c1-29-15-9-10-19(20(13-15)30-2)27-23(26-18-8-6-5-7-16(18)24(27)28)14-11-17(25)22(32-4)21(12-14)31-3/h5-13,23,26H,1-4H3. The summed E-state index contributed by atoms with van der Waals surface area (Å²) in [7, 11) is 6.19. The van der Waals surface area contributed by atoms with Gasteiger partial charge in [0.1, 0.15) is 17.7 Å². The lowest BCUT2D eigenvalue weighted by Gasteiger charge is -2.39. The molecular formula is C24H23ClN2O5. The summed E-state index contributed by atoms with van der Waals surface area (Å²) in [5.41, 5.74) is 2.56.